The van der Waals surface area contributed by atoms with Gasteiger partial charge in [0.05, 0.1) is 6.10 Å². The van der Waals surface area contributed by atoms with Gasteiger partial charge in [0.2, 0.25) is 0 Å². The number of hydrogen-bond acceptors (Lipinski definition) is 5. The molecule has 166 valence electrons. The van der Waals surface area contributed by atoms with Crippen LogP contribution in [0.25, 0.3) is 0 Å². The Labute approximate surface area is 183 Å². The Kier molecular flexibility index (Phi) is 7.10. The lowest BCUT2D eigenvalue weighted by Gasteiger charge is -2.28. The van der Waals surface area contributed by atoms with Crippen LogP contribution in [0.4, 0.5) is 0 Å². The van der Waals surface area contributed by atoms with E-state index >= 15 is 0 Å². The lowest BCUT2D eigenvalue weighted by Crippen LogP contribution is -2.38. The molecule has 1 amide bonds. The maximum absolute atomic E-state index is 12.4. The number of phenolic OH excluding ortho intramolecular Hbond substituents is 1. The summed E-state index contributed by atoms with van der Waals surface area (Å²) in [6, 6.07) is 13.1. The zero-order valence-electron chi connectivity index (χ0n) is 17.9. The number of likely N-dealkylation sites (tertiary alicyclic amines) is 1. The van der Waals surface area contributed by atoms with Gasteiger partial charge in [-0.15, -0.1) is 0 Å². The molecule has 1 aliphatic carbocycles. The fraction of sp³-hybridized carbons (Fsp3) is 0.480. The van der Waals surface area contributed by atoms with Crippen molar-refractivity contribution in [2.24, 2.45) is 0 Å². The summed E-state index contributed by atoms with van der Waals surface area (Å²) in [6.07, 6.45) is 5.63. The van der Waals surface area contributed by atoms with Crippen molar-refractivity contribution in [2.75, 3.05) is 26.2 Å². The highest BCUT2D eigenvalue weighted by molar-refractivity contribution is 5.77. The van der Waals surface area contributed by atoms with E-state index in [1.54, 1.807) is 24.3 Å². The van der Waals surface area contributed by atoms with Crippen molar-refractivity contribution in [3.63, 3.8) is 0 Å². The number of aryl methyl sites for hydroxylation is 1. The van der Waals surface area contributed by atoms with Crippen LogP contribution in [0.2, 0.25) is 0 Å². The van der Waals surface area contributed by atoms with E-state index in [1.165, 1.54) is 17.5 Å². The quantitative estimate of drug-likeness (QED) is 0.637. The van der Waals surface area contributed by atoms with Crippen LogP contribution in [0, 0.1) is 0 Å². The van der Waals surface area contributed by atoms with E-state index in [0.717, 1.165) is 56.5 Å². The van der Waals surface area contributed by atoms with Crippen LogP contribution >= 0.6 is 0 Å². The molecule has 6 heteroatoms. The lowest BCUT2D eigenvalue weighted by molar-refractivity contribution is -0.134. The zero-order valence-corrected chi connectivity index (χ0v) is 17.9. The summed E-state index contributed by atoms with van der Waals surface area (Å²) >= 11 is 0. The molecule has 2 aromatic carbocycles. The molecule has 0 saturated carbocycles. The van der Waals surface area contributed by atoms with Gasteiger partial charge in [-0.1, -0.05) is 18.2 Å². The predicted molar refractivity (Wildman–Crippen MR) is 119 cm³/mol. The molecule has 31 heavy (non-hydrogen) atoms. The van der Waals surface area contributed by atoms with Crippen molar-refractivity contribution < 1.29 is 19.7 Å². The molecule has 1 heterocycles. The van der Waals surface area contributed by atoms with E-state index < -0.39 is 6.10 Å². The molecule has 0 bridgehead atoms. The number of hydrogen-bond donors (Lipinski definition) is 3. The van der Waals surface area contributed by atoms with Crippen molar-refractivity contribution in [3.05, 3.63) is 59.2 Å². The number of aromatic hydroxyl groups is 1. The largest absolute Gasteiger partial charge is 0.508 e. The third-order valence-electron chi connectivity index (χ3n) is 6.35. The number of phenols is 1. The van der Waals surface area contributed by atoms with Gasteiger partial charge in [0.1, 0.15) is 11.5 Å². The van der Waals surface area contributed by atoms with Crippen LogP contribution in [0.1, 0.15) is 48.5 Å². The number of amides is 1. The highest BCUT2D eigenvalue weighted by atomic mass is 16.5. The van der Waals surface area contributed by atoms with Gasteiger partial charge in [-0.25, -0.2) is 0 Å². The van der Waals surface area contributed by atoms with Gasteiger partial charge in [-0.2, -0.15) is 0 Å². The van der Waals surface area contributed by atoms with Gasteiger partial charge in [0.25, 0.3) is 5.91 Å². The summed E-state index contributed by atoms with van der Waals surface area (Å²) in [5.41, 5.74) is 3.35. The fourth-order valence-corrected chi connectivity index (χ4v) is 4.47. The second-order valence-corrected chi connectivity index (χ2v) is 8.62. The van der Waals surface area contributed by atoms with Crippen molar-refractivity contribution in [2.45, 2.75) is 50.7 Å². The molecule has 4 rings (SSSR count). The van der Waals surface area contributed by atoms with Crippen LogP contribution in [0.3, 0.4) is 0 Å². The van der Waals surface area contributed by atoms with Gasteiger partial charge in [0, 0.05) is 25.7 Å². The van der Waals surface area contributed by atoms with Crippen LogP contribution in [0.15, 0.2) is 42.5 Å². The van der Waals surface area contributed by atoms with Crippen LogP contribution in [0.5, 0.6) is 11.5 Å². The first-order valence-electron chi connectivity index (χ1n) is 11.3. The monoisotopic (exact) mass is 424 g/mol. The van der Waals surface area contributed by atoms with Crippen LogP contribution < -0.4 is 10.1 Å². The minimum absolute atomic E-state index is 0.0696. The number of benzene rings is 2. The number of rotatable bonds is 7. The number of nitrogens with one attached hydrogen (secondary N) is 1. The van der Waals surface area contributed by atoms with Gasteiger partial charge in [-0.05, 0) is 79.5 Å². The predicted octanol–water partition coefficient (Wildman–Crippen LogP) is 2.96. The molecule has 6 nitrogen and oxygen atoms in total. The summed E-state index contributed by atoms with van der Waals surface area (Å²) in [4.78, 5) is 14.3. The molecule has 1 aliphatic heterocycles. The van der Waals surface area contributed by atoms with Gasteiger partial charge in [0.15, 0.2) is 6.61 Å². The Bertz CT molecular complexity index is 878. The Balaban J connectivity index is 1.28. The van der Waals surface area contributed by atoms with Crippen molar-refractivity contribution in [1.29, 1.82) is 0 Å². The molecular formula is C25H32N2O4. The minimum atomic E-state index is -0.613. The van der Waals surface area contributed by atoms with Crippen molar-refractivity contribution in [1.82, 2.24) is 10.2 Å². The second-order valence-electron chi connectivity index (χ2n) is 8.62. The molecule has 2 atom stereocenters. The topological polar surface area (TPSA) is 82.0 Å². The highest BCUT2D eigenvalue weighted by Crippen LogP contribution is 2.26. The van der Waals surface area contributed by atoms with Gasteiger partial charge >= 0.3 is 0 Å². The highest BCUT2D eigenvalue weighted by Gasteiger charge is 2.21. The molecule has 1 unspecified atom stereocenters. The minimum Gasteiger partial charge on any atom is -0.508 e. The molecule has 3 N–H and O–H groups in total. The van der Waals surface area contributed by atoms with Gasteiger partial charge < -0.3 is 25.2 Å². The SMILES string of the molecule is O=C(COc1ccc2c(c1)C[C@@H](NCC(O)c1ccc(O)cc1)CC2)N1CCCCC1. The summed E-state index contributed by atoms with van der Waals surface area (Å²) < 4.78 is 5.82. The van der Waals surface area contributed by atoms with Crippen molar-refractivity contribution in [3.8, 4) is 11.5 Å². The maximum Gasteiger partial charge on any atom is 0.260 e. The number of carbonyl (C=O) groups excluding carboxylic acids is 1. The summed E-state index contributed by atoms with van der Waals surface area (Å²) in [6.45, 7) is 2.25. The smallest absolute Gasteiger partial charge is 0.260 e. The summed E-state index contributed by atoms with van der Waals surface area (Å²) in [7, 11) is 0. The number of aliphatic hydroxyl groups is 1. The normalized spacial score (nSPS) is 19.5. The third kappa shape index (κ3) is 5.77. The molecule has 2 aromatic rings. The first kappa shape index (κ1) is 21.7. The lowest BCUT2D eigenvalue weighted by atomic mass is 9.88. The standard InChI is InChI=1S/C25H32N2O4/c28-22-9-5-19(6-10-22)24(29)16-26-21-8-4-18-7-11-23(15-20(18)14-21)31-17-25(30)27-12-2-1-3-13-27/h5-7,9-11,15,21,24,26,28-29H,1-4,8,12-14,16-17H2/t21-,24?/m0/s1. The average molecular weight is 425 g/mol. The summed E-state index contributed by atoms with van der Waals surface area (Å²) in [5.74, 6) is 1.01. The summed E-state index contributed by atoms with van der Waals surface area (Å²) in [5, 5.41) is 23.3. The average Bonchev–Trinajstić information content (AvgIpc) is 2.81. The Morgan fingerprint density at radius 2 is 1.87 bits per heavy atom. The van der Waals surface area contributed by atoms with Gasteiger partial charge in [-0.3, -0.25) is 4.79 Å². The van der Waals surface area contributed by atoms with Crippen LogP contribution in [-0.4, -0.2) is 53.3 Å². The van der Waals surface area contributed by atoms with E-state index in [9.17, 15) is 15.0 Å². The van der Waals surface area contributed by atoms with E-state index in [-0.39, 0.29) is 24.3 Å². The van der Waals surface area contributed by atoms with Crippen molar-refractivity contribution >= 4 is 5.91 Å². The van der Waals surface area contributed by atoms with E-state index in [4.69, 9.17) is 4.74 Å². The first-order valence-corrected chi connectivity index (χ1v) is 11.3. The number of fused-ring (bicyclic) bond motifs is 1. The van der Waals surface area contributed by atoms with E-state index in [2.05, 4.69) is 17.4 Å². The molecule has 0 spiro atoms. The molecule has 0 aromatic heterocycles. The molecular weight excluding hydrogens is 392 g/mol. The Hall–Kier alpha value is -2.57. The number of aliphatic hydroxyl groups excluding tert-OH is 1. The van der Waals surface area contributed by atoms with Crippen LogP contribution in [-0.2, 0) is 17.6 Å². The third-order valence-corrected chi connectivity index (χ3v) is 6.35. The number of carbonyl (C=O) groups is 1. The molecule has 1 fully saturated rings. The zero-order chi connectivity index (χ0) is 21.6. The first-order chi connectivity index (χ1) is 15.1. The Morgan fingerprint density at radius 1 is 1.10 bits per heavy atom. The second kappa shape index (κ2) is 10.2. The fourth-order valence-electron chi connectivity index (χ4n) is 4.47. The number of nitrogens with zero attached hydrogens (tertiary/aromatic N) is 1. The maximum atomic E-state index is 12.4. The molecule has 2 aliphatic rings. The molecule has 0 radical (unpaired) electrons. The van der Waals surface area contributed by atoms with E-state index in [0.29, 0.717) is 6.54 Å². The Morgan fingerprint density at radius 3 is 2.65 bits per heavy atom. The molecule has 1 saturated heterocycles. The number of ether oxygens (including phenoxy) is 1. The van der Waals surface area contributed by atoms with E-state index in [1.807, 2.05) is 11.0 Å². The number of piperidine rings is 1.